The molecule has 2 aromatic rings. The Kier molecular flexibility index (Phi) is 4.23. The molecule has 0 bridgehead atoms. The number of imide groups is 1. The molecule has 26 heavy (non-hydrogen) atoms. The topological polar surface area (TPSA) is 49.4 Å². The summed E-state index contributed by atoms with van der Waals surface area (Å²) in [5.41, 5.74) is 2.08. The molecule has 1 spiro atoms. The highest BCUT2D eigenvalue weighted by molar-refractivity contribution is 5.98. The van der Waals surface area contributed by atoms with Gasteiger partial charge < -0.3 is 4.90 Å². The summed E-state index contributed by atoms with van der Waals surface area (Å²) >= 11 is 0. The Hall–Kier alpha value is -2.69. The zero-order chi connectivity index (χ0) is 18.1. The predicted molar refractivity (Wildman–Crippen MR) is 98.1 cm³/mol. The SMILES string of the molecule is O=C1CC2(CCN(c3ccc(-c4ccccc4)c(F)c3)CC2)CC(=O)N1. The van der Waals surface area contributed by atoms with Crippen LogP contribution in [0.1, 0.15) is 25.7 Å². The quantitative estimate of drug-likeness (QED) is 0.842. The molecule has 0 radical (unpaired) electrons. The fraction of sp³-hybridized carbons (Fsp3) is 0.333. The van der Waals surface area contributed by atoms with E-state index in [-0.39, 0.29) is 23.0 Å². The Morgan fingerprint density at radius 3 is 2.19 bits per heavy atom. The van der Waals surface area contributed by atoms with Crippen molar-refractivity contribution in [2.24, 2.45) is 5.41 Å². The van der Waals surface area contributed by atoms with Gasteiger partial charge in [-0.05, 0) is 42.0 Å². The third kappa shape index (κ3) is 3.21. The maximum Gasteiger partial charge on any atom is 0.227 e. The van der Waals surface area contributed by atoms with Crippen LogP contribution in [0, 0.1) is 11.2 Å². The molecule has 0 saturated carbocycles. The standard InChI is InChI=1S/C21H21FN2O2/c22-18-12-16(6-7-17(18)15-4-2-1-3-5-15)24-10-8-21(9-11-24)13-19(25)23-20(26)14-21/h1-7,12H,8-11,13-14H2,(H,23,25,26). The van der Waals surface area contributed by atoms with Gasteiger partial charge in [-0.1, -0.05) is 30.3 Å². The van der Waals surface area contributed by atoms with Crippen LogP contribution in [0.5, 0.6) is 0 Å². The van der Waals surface area contributed by atoms with E-state index < -0.39 is 0 Å². The number of hydrogen-bond donors (Lipinski definition) is 1. The molecule has 0 aromatic heterocycles. The van der Waals surface area contributed by atoms with Gasteiger partial charge in [-0.3, -0.25) is 14.9 Å². The van der Waals surface area contributed by atoms with Crippen molar-refractivity contribution >= 4 is 17.5 Å². The van der Waals surface area contributed by atoms with E-state index in [1.165, 1.54) is 0 Å². The van der Waals surface area contributed by atoms with E-state index in [1.54, 1.807) is 6.07 Å². The van der Waals surface area contributed by atoms with Crippen LogP contribution in [0.2, 0.25) is 0 Å². The van der Waals surface area contributed by atoms with Crippen molar-refractivity contribution in [1.82, 2.24) is 5.32 Å². The molecule has 134 valence electrons. The van der Waals surface area contributed by atoms with Crippen LogP contribution in [0.4, 0.5) is 10.1 Å². The highest BCUT2D eigenvalue weighted by atomic mass is 19.1. The average molecular weight is 352 g/mol. The minimum absolute atomic E-state index is 0.173. The van der Waals surface area contributed by atoms with Gasteiger partial charge >= 0.3 is 0 Å². The highest BCUT2D eigenvalue weighted by Crippen LogP contribution is 2.41. The first kappa shape index (κ1) is 16.8. The van der Waals surface area contributed by atoms with Crippen molar-refractivity contribution in [2.45, 2.75) is 25.7 Å². The predicted octanol–water partition coefficient (Wildman–Crippen LogP) is 3.52. The van der Waals surface area contributed by atoms with E-state index in [9.17, 15) is 14.0 Å². The van der Waals surface area contributed by atoms with Gasteiger partial charge in [0.1, 0.15) is 5.82 Å². The van der Waals surface area contributed by atoms with Crippen molar-refractivity contribution in [3.8, 4) is 11.1 Å². The zero-order valence-electron chi connectivity index (χ0n) is 14.5. The molecule has 2 amide bonds. The van der Waals surface area contributed by atoms with Gasteiger partial charge in [0, 0.05) is 37.2 Å². The van der Waals surface area contributed by atoms with Crippen molar-refractivity contribution in [3.63, 3.8) is 0 Å². The van der Waals surface area contributed by atoms with E-state index in [0.717, 1.165) is 37.2 Å². The largest absolute Gasteiger partial charge is 0.371 e. The molecule has 2 aromatic carbocycles. The second-order valence-corrected chi connectivity index (χ2v) is 7.34. The molecule has 4 rings (SSSR count). The van der Waals surface area contributed by atoms with Crippen LogP contribution >= 0.6 is 0 Å². The van der Waals surface area contributed by atoms with E-state index in [4.69, 9.17) is 0 Å². The molecule has 2 heterocycles. The number of piperidine rings is 2. The first-order chi connectivity index (χ1) is 12.5. The van der Waals surface area contributed by atoms with Crippen molar-refractivity contribution in [2.75, 3.05) is 18.0 Å². The molecule has 0 unspecified atom stereocenters. The molecule has 1 N–H and O–H groups in total. The number of benzene rings is 2. The van der Waals surface area contributed by atoms with Gasteiger partial charge in [0.15, 0.2) is 0 Å². The van der Waals surface area contributed by atoms with Crippen LogP contribution in [0.3, 0.4) is 0 Å². The zero-order valence-corrected chi connectivity index (χ0v) is 14.5. The first-order valence-corrected chi connectivity index (χ1v) is 8.97. The number of anilines is 1. The second kappa shape index (κ2) is 6.56. The summed E-state index contributed by atoms with van der Waals surface area (Å²) in [6, 6.07) is 14.9. The van der Waals surface area contributed by atoms with E-state index in [0.29, 0.717) is 18.4 Å². The molecule has 2 aliphatic rings. The molecular formula is C21H21FN2O2. The molecule has 5 heteroatoms. The molecule has 2 aliphatic heterocycles. The monoisotopic (exact) mass is 352 g/mol. The van der Waals surface area contributed by atoms with E-state index in [2.05, 4.69) is 10.2 Å². The maximum atomic E-state index is 14.6. The van der Waals surface area contributed by atoms with E-state index in [1.807, 2.05) is 42.5 Å². The molecule has 2 saturated heterocycles. The number of amides is 2. The van der Waals surface area contributed by atoms with Crippen LogP contribution in [-0.4, -0.2) is 24.9 Å². The Bertz CT molecular complexity index is 824. The average Bonchev–Trinajstić information content (AvgIpc) is 2.62. The molecule has 0 aliphatic carbocycles. The lowest BCUT2D eigenvalue weighted by Crippen LogP contribution is -2.50. The Morgan fingerprint density at radius 2 is 1.58 bits per heavy atom. The molecule has 2 fully saturated rings. The minimum Gasteiger partial charge on any atom is -0.371 e. The molecular weight excluding hydrogens is 331 g/mol. The Balaban J connectivity index is 1.49. The normalized spacial score (nSPS) is 19.5. The van der Waals surface area contributed by atoms with E-state index >= 15 is 0 Å². The fourth-order valence-corrected chi connectivity index (χ4v) is 4.13. The van der Waals surface area contributed by atoms with Crippen molar-refractivity contribution in [3.05, 3.63) is 54.3 Å². The number of nitrogens with zero attached hydrogens (tertiary/aromatic N) is 1. The van der Waals surface area contributed by atoms with Crippen LogP contribution < -0.4 is 10.2 Å². The second-order valence-electron chi connectivity index (χ2n) is 7.34. The summed E-state index contributed by atoms with van der Waals surface area (Å²) in [5.74, 6) is -0.581. The van der Waals surface area contributed by atoms with Gasteiger partial charge in [0.25, 0.3) is 0 Å². The summed E-state index contributed by atoms with van der Waals surface area (Å²) in [5, 5.41) is 2.38. The van der Waals surface area contributed by atoms with Crippen molar-refractivity contribution < 1.29 is 14.0 Å². The Labute approximate surface area is 152 Å². The first-order valence-electron chi connectivity index (χ1n) is 8.97. The highest BCUT2D eigenvalue weighted by Gasteiger charge is 2.41. The number of rotatable bonds is 2. The number of carbonyl (C=O) groups is 2. The fourth-order valence-electron chi connectivity index (χ4n) is 4.13. The number of halogens is 1. The summed E-state index contributed by atoms with van der Waals surface area (Å²) < 4.78 is 14.6. The Morgan fingerprint density at radius 1 is 0.923 bits per heavy atom. The van der Waals surface area contributed by atoms with Gasteiger partial charge in [-0.2, -0.15) is 0 Å². The number of hydrogen-bond acceptors (Lipinski definition) is 3. The van der Waals surface area contributed by atoms with Gasteiger partial charge in [0.2, 0.25) is 11.8 Å². The lowest BCUT2D eigenvalue weighted by atomic mass is 9.71. The summed E-state index contributed by atoms with van der Waals surface area (Å²) in [6.07, 6.45) is 2.37. The summed E-state index contributed by atoms with van der Waals surface area (Å²) in [7, 11) is 0. The number of carbonyl (C=O) groups excluding carboxylic acids is 2. The molecule has 0 atom stereocenters. The van der Waals surface area contributed by atoms with Gasteiger partial charge in [-0.25, -0.2) is 4.39 Å². The lowest BCUT2D eigenvalue weighted by Gasteiger charge is -2.43. The van der Waals surface area contributed by atoms with Gasteiger partial charge in [0.05, 0.1) is 0 Å². The van der Waals surface area contributed by atoms with Crippen LogP contribution in [-0.2, 0) is 9.59 Å². The van der Waals surface area contributed by atoms with Crippen molar-refractivity contribution in [1.29, 1.82) is 0 Å². The molecule has 4 nitrogen and oxygen atoms in total. The van der Waals surface area contributed by atoms with Gasteiger partial charge in [-0.15, -0.1) is 0 Å². The maximum absolute atomic E-state index is 14.6. The number of nitrogens with one attached hydrogen (secondary N) is 1. The van der Waals surface area contributed by atoms with Crippen LogP contribution in [0.25, 0.3) is 11.1 Å². The minimum atomic E-state index is -0.235. The smallest absolute Gasteiger partial charge is 0.227 e. The summed E-state index contributed by atoms with van der Waals surface area (Å²) in [6.45, 7) is 1.45. The van der Waals surface area contributed by atoms with Crippen LogP contribution in [0.15, 0.2) is 48.5 Å². The third-order valence-corrected chi connectivity index (χ3v) is 5.58. The third-order valence-electron chi connectivity index (χ3n) is 5.58. The summed E-state index contributed by atoms with van der Waals surface area (Å²) in [4.78, 5) is 25.6. The lowest BCUT2D eigenvalue weighted by molar-refractivity contribution is -0.138.